The third-order valence-electron chi connectivity index (χ3n) is 3.12. The van der Waals surface area contributed by atoms with E-state index >= 15 is 0 Å². The number of nitrogens with one attached hydrogen (secondary N) is 1. The van der Waals surface area contributed by atoms with Crippen LogP contribution in [0.4, 0.5) is 0 Å². The number of aryl methyl sites for hydroxylation is 1. The predicted octanol–water partition coefficient (Wildman–Crippen LogP) is 2.78. The first-order valence-electron chi connectivity index (χ1n) is 6.76. The summed E-state index contributed by atoms with van der Waals surface area (Å²) in [5.74, 6) is 0.910. The quantitative estimate of drug-likeness (QED) is 0.682. The van der Waals surface area contributed by atoms with Gasteiger partial charge in [0.2, 0.25) is 0 Å². The first-order chi connectivity index (χ1) is 10.7. The molecule has 0 spiro atoms. The van der Waals surface area contributed by atoms with Crippen LogP contribution in [0.15, 0.2) is 47.6 Å². The van der Waals surface area contributed by atoms with Gasteiger partial charge < -0.3 is 9.47 Å². The molecule has 22 heavy (non-hydrogen) atoms. The van der Waals surface area contributed by atoms with E-state index in [0.717, 1.165) is 5.56 Å². The maximum atomic E-state index is 11.9. The first-order valence-corrected chi connectivity index (χ1v) is 6.76. The Morgan fingerprint density at radius 1 is 1.09 bits per heavy atom. The van der Waals surface area contributed by atoms with E-state index in [0.29, 0.717) is 22.6 Å². The van der Waals surface area contributed by atoms with Crippen LogP contribution in [0.3, 0.4) is 0 Å². The van der Waals surface area contributed by atoms with Gasteiger partial charge in [0, 0.05) is 11.1 Å². The number of hydrogen-bond donors (Lipinski definition) is 1. The van der Waals surface area contributed by atoms with Crippen molar-refractivity contribution in [3.63, 3.8) is 0 Å². The fourth-order valence-corrected chi connectivity index (χ4v) is 1.94. The highest BCUT2D eigenvalue weighted by Gasteiger charge is 2.08. The van der Waals surface area contributed by atoms with Crippen molar-refractivity contribution in [2.75, 3.05) is 14.2 Å². The molecule has 0 fully saturated rings. The molecule has 0 saturated carbocycles. The molecule has 0 aromatic heterocycles. The molecule has 5 nitrogen and oxygen atoms in total. The zero-order chi connectivity index (χ0) is 15.9. The summed E-state index contributed by atoms with van der Waals surface area (Å²) in [6.45, 7) is 1.97. The van der Waals surface area contributed by atoms with Gasteiger partial charge in [-0.2, -0.15) is 5.10 Å². The highest BCUT2D eigenvalue weighted by Crippen LogP contribution is 2.29. The summed E-state index contributed by atoms with van der Waals surface area (Å²) < 4.78 is 10.5. The molecular weight excluding hydrogens is 280 g/mol. The Hall–Kier alpha value is -2.82. The van der Waals surface area contributed by atoms with Crippen LogP contribution in [-0.4, -0.2) is 26.3 Å². The predicted molar refractivity (Wildman–Crippen MR) is 85.8 cm³/mol. The van der Waals surface area contributed by atoms with Crippen LogP contribution in [-0.2, 0) is 0 Å². The van der Waals surface area contributed by atoms with Gasteiger partial charge in [-0.3, -0.25) is 4.79 Å². The van der Waals surface area contributed by atoms with E-state index in [-0.39, 0.29) is 5.91 Å². The van der Waals surface area contributed by atoms with Gasteiger partial charge in [-0.15, -0.1) is 0 Å². The third-order valence-corrected chi connectivity index (χ3v) is 3.12. The lowest BCUT2D eigenvalue weighted by molar-refractivity contribution is 0.0955. The van der Waals surface area contributed by atoms with E-state index in [1.54, 1.807) is 32.4 Å². The molecule has 0 heterocycles. The van der Waals surface area contributed by atoms with Crippen molar-refractivity contribution < 1.29 is 14.3 Å². The van der Waals surface area contributed by atoms with Gasteiger partial charge in [0.25, 0.3) is 5.91 Å². The number of carbonyl (C=O) groups is 1. The summed E-state index contributed by atoms with van der Waals surface area (Å²) in [5.41, 5.74) is 4.86. The molecular formula is C17H18N2O3. The number of benzene rings is 2. The zero-order valence-corrected chi connectivity index (χ0v) is 12.8. The summed E-state index contributed by atoms with van der Waals surface area (Å²) >= 11 is 0. The van der Waals surface area contributed by atoms with E-state index in [9.17, 15) is 4.79 Å². The van der Waals surface area contributed by atoms with E-state index in [1.165, 1.54) is 6.21 Å². The monoisotopic (exact) mass is 298 g/mol. The van der Waals surface area contributed by atoms with E-state index in [4.69, 9.17) is 9.47 Å². The molecule has 0 unspecified atom stereocenters. The highest BCUT2D eigenvalue weighted by atomic mass is 16.5. The number of para-hydroxylation sites is 1. The fraction of sp³-hybridized carbons (Fsp3) is 0.176. The molecule has 0 radical (unpaired) electrons. The van der Waals surface area contributed by atoms with Gasteiger partial charge in [0.05, 0.1) is 20.4 Å². The molecule has 0 aliphatic carbocycles. The minimum atomic E-state index is -0.266. The Labute approximate surface area is 129 Å². The normalized spacial score (nSPS) is 10.5. The minimum Gasteiger partial charge on any atom is -0.493 e. The second-order valence-corrected chi connectivity index (χ2v) is 4.65. The van der Waals surface area contributed by atoms with Crippen molar-refractivity contribution >= 4 is 12.1 Å². The number of rotatable bonds is 5. The molecule has 0 bridgehead atoms. The smallest absolute Gasteiger partial charge is 0.271 e. The lowest BCUT2D eigenvalue weighted by Crippen LogP contribution is -2.17. The molecule has 5 heteroatoms. The molecule has 2 aromatic rings. The van der Waals surface area contributed by atoms with Gasteiger partial charge in [-0.1, -0.05) is 23.8 Å². The van der Waals surface area contributed by atoms with Crippen molar-refractivity contribution in [1.29, 1.82) is 0 Å². The first kappa shape index (κ1) is 15.6. The highest BCUT2D eigenvalue weighted by molar-refractivity contribution is 5.95. The molecule has 2 aromatic carbocycles. The molecule has 0 aliphatic rings. The van der Waals surface area contributed by atoms with Crippen LogP contribution in [0.2, 0.25) is 0 Å². The van der Waals surface area contributed by atoms with Crippen molar-refractivity contribution in [3.8, 4) is 11.5 Å². The number of carbonyl (C=O) groups excluding carboxylic acids is 1. The zero-order valence-electron chi connectivity index (χ0n) is 12.8. The number of methoxy groups -OCH3 is 2. The Bertz CT molecular complexity index is 679. The van der Waals surface area contributed by atoms with Crippen LogP contribution in [0, 0.1) is 6.92 Å². The van der Waals surface area contributed by atoms with Crippen LogP contribution < -0.4 is 14.9 Å². The molecule has 114 valence electrons. The summed E-state index contributed by atoms with van der Waals surface area (Å²) in [4.78, 5) is 11.9. The average molecular weight is 298 g/mol. The topological polar surface area (TPSA) is 59.9 Å². The minimum absolute atomic E-state index is 0.266. The molecule has 0 aliphatic heterocycles. The molecule has 0 saturated heterocycles. The van der Waals surface area contributed by atoms with Crippen molar-refractivity contribution in [2.45, 2.75) is 6.92 Å². The summed E-state index contributed by atoms with van der Waals surface area (Å²) in [6, 6.07) is 12.7. The lowest BCUT2D eigenvalue weighted by Gasteiger charge is -2.09. The Morgan fingerprint density at radius 2 is 1.82 bits per heavy atom. The molecule has 1 amide bonds. The summed E-state index contributed by atoms with van der Waals surface area (Å²) in [5, 5.41) is 3.96. The number of ether oxygens (including phenoxy) is 2. The number of hydrogen-bond acceptors (Lipinski definition) is 4. The summed E-state index contributed by atoms with van der Waals surface area (Å²) in [6.07, 6.45) is 1.52. The SMILES string of the molecule is COc1cccc(C=NNC(=O)c2ccc(C)cc2)c1OC. The molecule has 2 rings (SSSR count). The third kappa shape index (κ3) is 3.63. The van der Waals surface area contributed by atoms with Crippen molar-refractivity contribution in [2.24, 2.45) is 5.10 Å². The number of amides is 1. The second kappa shape index (κ2) is 7.26. The van der Waals surface area contributed by atoms with Crippen LogP contribution in [0.5, 0.6) is 11.5 Å². The fourth-order valence-electron chi connectivity index (χ4n) is 1.94. The lowest BCUT2D eigenvalue weighted by atomic mass is 10.1. The molecule has 0 atom stereocenters. The van der Waals surface area contributed by atoms with E-state index in [2.05, 4.69) is 10.5 Å². The standard InChI is InChI=1S/C17H18N2O3/c1-12-7-9-13(10-8-12)17(20)19-18-11-14-5-4-6-15(21-2)16(14)22-3/h4-11H,1-3H3,(H,19,20). The van der Waals surface area contributed by atoms with Gasteiger partial charge in [-0.25, -0.2) is 5.43 Å². The maximum absolute atomic E-state index is 11.9. The maximum Gasteiger partial charge on any atom is 0.271 e. The number of hydrazone groups is 1. The van der Waals surface area contributed by atoms with Gasteiger partial charge in [0.15, 0.2) is 11.5 Å². The van der Waals surface area contributed by atoms with Crippen LogP contribution in [0.25, 0.3) is 0 Å². The molecule has 1 N–H and O–H groups in total. The Morgan fingerprint density at radius 3 is 2.45 bits per heavy atom. The largest absolute Gasteiger partial charge is 0.493 e. The Balaban J connectivity index is 2.09. The van der Waals surface area contributed by atoms with Crippen molar-refractivity contribution in [3.05, 3.63) is 59.2 Å². The van der Waals surface area contributed by atoms with Crippen molar-refractivity contribution in [1.82, 2.24) is 5.43 Å². The van der Waals surface area contributed by atoms with Gasteiger partial charge >= 0.3 is 0 Å². The second-order valence-electron chi connectivity index (χ2n) is 4.65. The average Bonchev–Trinajstić information content (AvgIpc) is 2.55. The number of nitrogens with zero attached hydrogens (tertiary/aromatic N) is 1. The van der Waals surface area contributed by atoms with Crippen LogP contribution in [0.1, 0.15) is 21.5 Å². The van der Waals surface area contributed by atoms with Crippen LogP contribution >= 0.6 is 0 Å². The van der Waals surface area contributed by atoms with E-state index < -0.39 is 0 Å². The van der Waals surface area contributed by atoms with Gasteiger partial charge in [0.1, 0.15) is 0 Å². The summed E-state index contributed by atoms with van der Waals surface area (Å²) in [7, 11) is 3.12. The van der Waals surface area contributed by atoms with E-state index in [1.807, 2.05) is 31.2 Å². The Kier molecular flexibility index (Phi) is 5.14. The van der Waals surface area contributed by atoms with Gasteiger partial charge in [-0.05, 0) is 31.2 Å².